The summed E-state index contributed by atoms with van der Waals surface area (Å²) in [6.45, 7) is 0.203. The molecule has 1 rings (SSSR count). The Hall–Kier alpha value is -3.67. The lowest BCUT2D eigenvalue weighted by atomic mass is 10.0. The highest BCUT2D eigenvalue weighted by molar-refractivity contribution is 5.93. The Morgan fingerprint density at radius 2 is 1.58 bits per heavy atom. The van der Waals surface area contributed by atoms with Crippen molar-refractivity contribution in [3.8, 4) is 0 Å². The third-order valence-electron chi connectivity index (χ3n) is 4.23. The minimum Gasteiger partial charge on any atom is -0.480 e. The molecule has 0 spiro atoms. The van der Waals surface area contributed by atoms with Gasteiger partial charge in [0.05, 0.1) is 12.5 Å². The highest BCUT2D eigenvalue weighted by atomic mass is 16.4. The summed E-state index contributed by atoms with van der Waals surface area (Å²) in [5.41, 5.74) is 21.9. The average Bonchev–Trinajstić information content (AvgIpc) is 2.69. The molecule has 3 atom stereocenters. The number of aliphatic carboxylic acids is 1. The molecule has 0 radical (unpaired) electrons. The van der Waals surface area contributed by atoms with Crippen LogP contribution in [-0.2, 0) is 25.6 Å². The van der Waals surface area contributed by atoms with Crippen molar-refractivity contribution in [2.45, 2.75) is 43.8 Å². The van der Waals surface area contributed by atoms with Crippen LogP contribution in [0.15, 0.2) is 35.3 Å². The van der Waals surface area contributed by atoms with E-state index < -0.39 is 48.2 Å². The summed E-state index contributed by atoms with van der Waals surface area (Å²) in [6.07, 6.45) is 0.0789. The summed E-state index contributed by atoms with van der Waals surface area (Å²) >= 11 is 0. The Balaban J connectivity index is 2.89. The number of carbonyl (C=O) groups excluding carboxylic acids is 3. The summed E-state index contributed by atoms with van der Waals surface area (Å²) in [5.74, 6) is -3.59. The Labute approximate surface area is 179 Å². The molecule has 1 aromatic rings. The Morgan fingerprint density at radius 3 is 2.13 bits per heavy atom. The fourth-order valence-electron chi connectivity index (χ4n) is 2.68. The van der Waals surface area contributed by atoms with Crippen molar-refractivity contribution in [3.05, 3.63) is 35.9 Å². The van der Waals surface area contributed by atoms with Gasteiger partial charge >= 0.3 is 5.97 Å². The number of amides is 3. The molecule has 0 fully saturated rings. The molecule has 170 valence electrons. The topological polar surface area (TPSA) is 229 Å². The van der Waals surface area contributed by atoms with Crippen molar-refractivity contribution < 1.29 is 24.3 Å². The van der Waals surface area contributed by atoms with Gasteiger partial charge in [-0.15, -0.1) is 0 Å². The lowest BCUT2D eigenvalue weighted by Gasteiger charge is -2.23. The SMILES string of the molecule is NC(=O)C[C@H](N)C(=O)N[C@@H](Cc1ccccc1)C(=O)N[C@@H](CCCN=C(N)N)C(=O)O. The van der Waals surface area contributed by atoms with Gasteiger partial charge in [0, 0.05) is 13.0 Å². The van der Waals surface area contributed by atoms with Crippen LogP contribution in [0.25, 0.3) is 0 Å². The van der Waals surface area contributed by atoms with Gasteiger partial charge in [-0.2, -0.15) is 0 Å². The van der Waals surface area contributed by atoms with Gasteiger partial charge in [-0.1, -0.05) is 30.3 Å². The molecule has 3 amide bonds. The summed E-state index contributed by atoms with van der Waals surface area (Å²) in [7, 11) is 0. The zero-order valence-electron chi connectivity index (χ0n) is 17.0. The fourth-order valence-corrected chi connectivity index (χ4v) is 2.68. The second kappa shape index (κ2) is 12.8. The summed E-state index contributed by atoms with van der Waals surface area (Å²) in [6, 6.07) is 5.24. The largest absolute Gasteiger partial charge is 0.480 e. The molecule has 0 bridgehead atoms. The smallest absolute Gasteiger partial charge is 0.326 e. The number of nitrogens with zero attached hydrogens (tertiary/aromatic N) is 1. The Bertz CT molecular complexity index is 796. The maximum atomic E-state index is 12.8. The van der Waals surface area contributed by atoms with E-state index in [1.807, 2.05) is 0 Å². The van der Waals surface area contributed by atoms with E-state index in [2.05, 4.69) is 15.6 Å². The van der Waals surface area contributed by atoms with Crippen LogP contribution >= 0.6 is 0 Å². The van der Waals surface area contributed by atoms with Crippen molar-refractivity contribution in [2.24, 2.45) is 27.9 Å². The molecule has 12 heteroatoms. The number of nitrogens with two attached hydrogens (primary N) is 4. The van der Waals surface area contributed by atoms with Gasteiger partial charge in [0.1, 0.15) is 12.1 Å². The predicted octanol–water partition coefficient (Wildman–Crippen LogP) is -2.46. The number of rotatable bonds is 13. The molecule has 0 aliphatic carbocycles. The zero-order chi connectivity index (χ0) is 23.4. The van der Waals surface area contributed by atoms with Gasteiger partial charge in [0.2, 0.25) is 17.7 Å². The standard InChI is InChI=1S/C19H29N7O5/c20-12(10-15(21)27)16(28)26-14(9-11-5-2-1-3-6-11)17(29)25-13(18(30)31)7-4-8-24-19(22)23/h1-3,5-6,12-14H,4,7-10,20H2,(H2,21,27)(H,25,29)(H,26,28)(H,30,31)(H4,22,23,24)/t12-,13-,14-/m0/s1. The van der Waals surface area contributed by atoms with E-state index in [0.717, 1.165) is 5.56 Å². The van der Waals surface area contributed by atoms with E-state index in [1.54, 1.807) is 30.3 Å². The van der Waals surface area contributed by atoms with Crippen molar-refractivity contribution in [1.82, 2.24) is 10.6 Å². The van der Waals surface area contributed by atoms with Crippen molar-refractivity contribution in [3.63, 3.8) is 0 Å². The molecule has 0 aliphatic rings. The van der Waals surface area contributed by atoms with E-state index in [-0.39, 0.29) is 25.3 Å². The lowest BCUT2D eigenvalue weighted by Crippen LogP contribution is -2.55. The van der Waals surface area contributed by atoms with E-state index in [4.69, 9.17) is 22.9 Å². The molecule has 0 aromatic heterocycles. The highest BCUT2D eigenvalue weighted by Crippen LogP contribution is 2.06. The second-order valence-corrected chi connectivity index (χ2v) is 6.88. The third kappa shape index (κ3) is 10.1. The Morgan fingerprint density at radius 1 is 0.968 bits per heavy atom. The molecule has 0 unspecified atom stereocenters. The van der Waals surface area contributed by atoms with Crippen LogP contribution in [0, 0.1) is 0 Å². The Kier molecular flexibility index (Phi) is 10.5. The van der Waals surface area contributed by atoms with Crippen molar-refractivity contribution in [2.75, 3.05) is 6.54 Å². The number of carboxylic acids is 1. The van der Waals surface area contributed by atoms with Gasteiger partial charge in [-0.05, 0) is 18.4 Å². The third-order valence-corrected chi connectivity index (χ3v) is 4.23. The first-order valence-corrected chi connectivity index (χ1v) is 9.57. The molecule has 11 N–H and O–H groups in total. The number of guanidine groups is 1. The van der Waals surface area contributed by atoms with Gasteiger partial charge in [0.15, 0.2) is 5.96 Å². The number of aliphatic imine (C=N–C) groups is 1. The van der Waals surface area contributed by atoms with Crippen LogP contribution in [-0.4, -0.2) is 59.4 Å². The van der Waals surface area contributed by atoms with E-state index in [9.17, 15) is 24.3 Å². The summed E-state index contributed by atoms with van der Waals surface area (Å²) < 4.78 is 0. The zero-order valence-corrected chi connectivity index (χ0v) is 17.0. The van der Waals surface area contributed by atoms with Crippen LogP contribution in [0.5, 0.6) is 0 Å². The maximum Gasteiger partial charge on any atom is 0.326 e. The molecule has 0 aliphatic heterocycles. The average molecular weight is 435 g/mol. The first-order valence-electron chi connectivity index (χ1n) is 9.57. The predicted molar refractivity (Wildman–Crippen MR) is 113 cm³/mol. The number of hydrogen-bond donors (Lipinski definition) is 7. The molecule has 31 heavy (non-hydrogen) atoms. The molecular formula is C19H29N7O5. The molecule has 1 aromatic carbocycles. The fraction of sp³-hybridized carbons (Fsp3) is 0.421. The van der Waals surface area contributed by atoms with Crippen molar-refractivity contribution >= 4 is 29.7 Å². The monoisotopic (exact) mass is 435 g/mol. The lowest BCUT2D eigenvalue weighted by molar-refractivity contribution is -0.142. The van der Waals surface area contributed by atoms with Crippen LogP contribution in [0.3, 0.4) is 0 Å². The first-order chi connectivity index (χ1) is 14.6. The van der Waals surface area contributed by atoms with Gasteiger partial charge in [-0.3, -0.25) is 19.4 Å². The second-order valence-electron chi connectivity index (χ2n) is 6.88. The summed E-state index contributed by atoms with van der Waals surface area (Å²) in [4.78, 5) is 51.4. The quantitative estimate of drug-likeness (QED) is 0.0995. The number of nitrogens with one attached hydrogen (secondary N) is 2. The van der Waals surface area contributed by atoms with Crippen LogP contribution in [0.1, 0.15) is 24.8 Å². The maximum absolute atomic E-state index is 12.8. The van der Waals surface area contributed by atoms with E-state index in [1.165, 1.54) is 0 Å². The highest BCUT2D eigenvalue weighted by Gasteiger charge is 2.28. The number of carbonyl (C=O) groups is 4. The first kappa shape index (κ1) is 25.4. The van der Waals surface area contributed by atoms with Gasteiger partial charge in [0.25, 0.3) is 0 Å². The number of benzene rings is 1. The molecular weight excluding hydrogens is 406 g/mol. The summed E-state index contributed by atoms with van der Waals surface area (Å²) in [5, 5.41) is 14.3. The van der Waals surface area contributed by atoms with E-state index in [0.29, 0.717) is 6.42 Å². The molecule has 0 saturated heterocycles. The van der Waals surface area contributed by atoms with Crippen LogP contribution in [0.4, 0.5) is 0 Å². The number of carboxylic acid groups (broad SMARTS) is 1. The van der Waals surface area contributed by atoms with Gasteiger partial charge in [-0.25, -0.2) is 4.79 Å². The van der Waals surface area contributed by atoms with Crippen molar-refractivity contribution in [1.29, 1.82) is 0 Å². The molecule has 0 saturated carbocycles. The van der Waals surface area contributed by atoms with Crippen LogP contribution < -0.4 is 33.6 Å². The minimum atomic E-state index is -1.24. The van der Waals surface area contributed by atoms with Gasteiger partial charge < -0.3 is 38.7 Å². The molecule has 0 heterocycles. The van der Waals surface area contributed by atoms with Crippen LogP contribution in [0.2, 0.25) is 0 Å². The number of hydrogen-bond acceptors (Lipinski definition) is 6. The molecule has 12 nitrogen and oxygen atoms in total. The van der Waals surface area contributed by atoms with E-state index >= 15 is 0 Å². The normalized spacial score (nSPS) is 13.3. The minimum absolute atomic E-state index is 0.0745. The number of primary amides is 1.